The molecule has 0 amide bonds. The molecule has 1 unspecified atom stereocenters. The van der Waals surface area contributed by atoms with Gasteiger partial charge in [-0.05, 0) is 23.8 Å². The van der Waals surface area contributed by atoms with Crippen molar-refractivity contribution in [1.29, 1.82) is 5.26 Å². The highest BCUT2D eigenvalue weighted by molar-refractivity contribution is 6.02. The molecular weight excluding hydrogens is 257 g/mol. The largest absolute Gasteiger partial charge is 0.494 e. The number of hydrogen-bond donors (Lipinski definition) is 0. The smallest absolute Gasteiger partial charge is 0.184 e. The monoisotopic (exact) mass is 269 g/mol. The molecule has 3 nitrogen and oxygen atoms in total. The average molecular weight is 269 g/mol. The Labute approximate surface area is 116 Å². The van der Waals surface area contributed by atoms with Gasteiger partial charge in [0.15, 0.2) is 17.3 Å². The minimum Gasteiger partial charge on any atom is -0.494 e. The van der Waals surface area contributed by atoms with E-state index in [1.165, 1.54) is 19.2 Å². The van der Waals surface area contributed by atoms with E-state index in [1.54, 1.807) is 30.3 Å². The minimum absolute atomic E-state index is 0.0646. The van der Waals surface area contributed by atoms with Crippen LogP contribution in [0.4, 0.5) is 4.39 Å². The Balaban J connectivity index is 2.35. The Morgan fingerprint density at radius 1 is 1.25 bits per heavy atom. The quantitative estimate of drug-likeness (QED) is 0.800. The van der Waals surface area contributed by atoms with Gasteiger partial charge >= 0.3 is 0 Å². The van der Waals surface area contributed by atoms with Gasteiger partial charge in [-0.2, -0.15) is 5.26 Å². The zero-order chi connectivity index (χ0) is 14.5. The van der Waals surface area contributed by atoms with Gasteiger partial charge in [-0.25, -0.2) is 4.39 Å². The van der Waals surface area contributed by atoms with E-state index in [-0.39, 0.29) is 11.3 Å². The van der Waals surface area contributed by atoms with Crippen LogP contribution >= 0.6 is 0 Å². The van der Waals surface area contributed by atoms with Crippen LogP contribution in [0.5, 0.6) is 5.75 Å². The molecule has 0 aliphatic rings. The number of carbonyl (C=O) groups excluding carboxylic acids is 1. The van der Waals surface area contributed by atoms with Crippen molar-refractivity contribution in [3.8, 4) is 11.8 Å². The number of benzene rings is 2. The van der Waals surface area contributed by atoms with Gasteiger partial charge < -0.3 is 4.74 Å². The van der Waals surface area contributed by atoms with E-state index in [9.17, 15) is 14.4 Å². The zero-order valence-corrected chi connectivity index (χ0v) is 10.8. The number of hydrogen-bond acceptors (Lipinski definition) is 3. The molecule has 0 radical (unpaired) electrons. The van der Waals surface area contributed by atoms with Crippen LogP contribution in [0.15, 0.2) is 48.5 Å². The van der Waals surface area contributed by atoms with Gasteiger partial charge in [0, 0.05) is 5.56 Å². The number of Topliss-reactive ketones (excluding diaryl/α,β-unsaturated/α-hetero) is 1. The zero-order valence-electron chi connectivity index (χ0n) is 10.8. The van der Waals surface area contributed by atoms with E-state index in [0.29, 0.717) is 5.56 Å². The van der Waals surface area contributed by atoms with Crippen molar-refractivity contribution in [2.24, 2.45) is 0 Å². The summed E-state index contributed by atoms with van der Waals surface area (Å²) in [6.07, 6.45) is 0. The van der Waals surface area contributed by atoms with Crippen molar-refractivity contribution in [2.45, 2.75) is 5.92 Å². The molecule has 2 aromatic rings. The van der Waals surface area contributed by atoms with Gasteiger partial charge in [0.05, 0.1) is 13.2 Å². The first-order chi connectivity index (χ1) is 9.67. The first kappa shape index (κ1) is 13.8. The fourth-order valence-corrected chi connectivity index (χ4v) is 1.92. The summed E-state index contributed by atoms with van der Waals surface area (Å²) in [5.41, 5.74) is 0.745. The molecule has 0 saturated heterocycles. The number of nitriles is 1. The third-order valence-electron chi connectivity index (χ3n) is 2.96. The number of nitrogens with zero attached hydrogens (tertiary/aromatic N) is 1. The topological polar surface area (TPSA) is 50.1 Å². The third-order valence-corrected chi connectivity index (χ3v) is 2.96. The minimum atomic E-state index is -0.941. The summed E-state index contributed by atoms with van der Waals surface area (Å²) in [7, 11) is 1.35. The van der Waals surface area contributed by atoms with Crippen molar-refractivity contribution in [3.05, 3.63) is 65.5 Å². The molecule has 2 rings (SSSR count). The SMILES string of the molecule is COc1ccc(C(=O)C(C#N)c2ccccc2)cc1F. The van der Waals surface area contributed by atoms with E-state index in [1.807, 2.05) is 6.07 Å². The Kier molecular flexibility index (Phi) is 4.11. The summed E-state index contributed by atoms with van der Waals surface area (Å²) in [6.45, 7) is 0. The summed E-state index contributed by atoms with van der Waals surface area (Å²) < 4.78 is 18.4. The van der Waals surface area contributed by atoms with E-state index in [0.717, 1.165) is 6.07 Å². The van der Waals surface area contributed by atoms with Crippen LogP contribution in [0.1, 0.15) is 21.8 Å². The molecule has 4 heteroatoms. The highest BCUT2D eigenvalue weighted by Crippen LogP contribution is 2.23. The first-order valence-corrected chi connectivity index (χ1v) is 5.99. The maximum Gasteiger partial charge on any atom is 0.184 e. The van der Waals surface area contributed by atoms with Crippen LogP contribution < -0.4 is 4.74 Å². The van der Waals surface area contributed by atoms with Crippen molar-refractivity contribution >= 4 is 5.78 Å². The van der Waals surface area contributed by atoms with E-state index >= 15 is 0 Å². The molecule has 0 N–H and O–H groups in total. The number of halogens is 1. The van der Waals surface area contributed by atoms with Crippen LogP contribution in [0.25, 0.3) is 0 Å². The standard InChI is InChI=1S/C16H12FNO2/c1-20-15-8-7-12(9-14(15)17)16(19)13(10-18)11-5-3-2-4-6-11/h2-9,13H,1H3. The highest BCUT2D eigenvalue weighted by Gasteiger charge is 2.22. The second-order valence-corrected chi connectivity index (χ2v) is 4.19. The lowest BCUT2D eigenvalue weighted by Crippen LogP contribution is -2.11. The second-order valence-electron chi connectivity index (χ2n) is 4.19. The molecule has 0 aromatic heterocycles. The normalized spacial score (nSPS) is 11.4. The Morgan fingerprint density at radius 2 is 1.95 bits per heavy atom. The molecule has 0 aliphatic heterocycles. The van der Waals surface area contributed by atoms with Gasteiger partial charge in [0.1, 0.15) is 5.92 Å². The van der Waals surface area contributed by atoms with Crippen LogP contribution in [0.3, 0.4) is 0 Å². The molecule has 0 fully saturated rings. The lowest BCUT2D eigenvalue weighted by Gasteiger charge is -2.09. The van der Waals surface area contributed by atoms with E-state index < -0.39 is 17.5 Å². The van der Waals surface area contributed by atoms with Crippen LogP contribution in [0, 0.1) is 17.1 Å². The van der Waals surface area contributed by atoms with E-state index in [4.69, 9.17) is 4.74 Å². The Hall–Kier alpha value is -2.67. The number of ether oxygens (including phenoxy) is 1. The number of methoxy groups -OCH3 is 1. The maximum absolute atomic E-state index is 13.6. The van der Waals surface area contributed by atoms with Gasteiger partial charge in [-0.3, -0.25) is 4.79 Å². The predicted molar refractivity (Wildman–Crippen MR) is 72.1 cm³/mol. The number of rotatable bonds is 4. The Bertz CT molecular complexity index is 662. The van der Waals surface area contributed by atoms with Crippen molar-refractivity contribution in [2.75, 3.05) is 7.11 Å². The second kappa shape index (κ2) is 5.98. The average Bonchev–Trinajstić information content (AvgIpc) is 2.49. The molecule has 0 aliphatic carbocycles. The van der Waals surface area contributed by atoms with Crippen molar-refractivity contribution in [3.63, 3.8) is 0 Å². The summed E-state index contributed by atoms with van der Waals surface area (Å²) >= 11 is 0. The molecule has 0 spiro atoms. The van der Waals surface area contributed by atoms with Gasteiger partial charge in [0.2, 0.25) is 0 Å². The molecule has 100 valence electrons. The number of carbonyl (C=O) groups is 1. The number of ketones is 1. The fourth-order valence-electron chi connectivity index (χ4n) is 1.92. The first-order valence-electron chi connectivity index (χ1n) is 5.99. The molecule has 20 heavy (non-hydrogen) atoms. The lowest BCUT2D eigenvalue weighted by atomic mass is 9.92. The Morgan fingerprint density at radius 3 is 2.50 bits per heavy atom. The van der Waals surface area contributed by atoms with Crippen LogP contribution in [-0.4, -0.2) is 12.9 Å². The van der Waals surface area contributed by atoms with Crippen LogP contribution in [0.2, 0.25) is 0 Å². The summed E-state index contributed by atoms with van der Waals surface area (Å²) in [4.78, 5) is 12.3. The fraction of sp³-hybridized carbons (Fsp3) is 0.125. The molecule has 0 bridgehead atoms. The molecule has 0 heterocycles. The summed E-state index contributed by atoms with van der Waals surface area (Å²) in [5.74, 6) is -1.93. The van der Waals surface area contributed by atoms with Gasteiger partial charge in [0.25, 0.3) is 0 Å². The third kappa shape index (κ3) is 2.67. The highest BCUT2D eigenvalue weighted by atomic mass is 19.1. The molecule has 0 saturated carbocycles. The molecule has 2 aromatic carbocycles. The summed E-state index contributed by atoms with van der Waals surface area (Å²) in [5, 5.41) is 9.19. The van der Waals surface area contributed by atoms with Gasteiger partial charge in [-0.15, -0.1) is 0 Å². The van der Waals surface area contributed by atoms with Crippen molar-refractivity contribution in [1.82, 2.24) is 0 Å². The van der Waals surface area contributed by atoms with Crippen molar-refractivity contribution < 1.29 is 13.9 Å². The van der Waals surface area contributed by atoms with Gasteiger partial charge in [-0.1, -0.05) is 30.3 Å². The van der Waals surface area contributed by atoms with Crippen LogP contribution in [-0.2, 0) is 0 Å². The molecular formula is C16H12FNO2. The van der Waals surface area contributed by atoms with E-state index in [2.05, 4.69) is 0 Å². The molecule has 1 atom stereocenters. The maximum atomic E-state index is 13.6. The predicted octanol–water partition coefficient (Wildman–Crippen LogP) is 3.32. The lowest BCUT2D eigenvalue weighted by molar-refractivity contribution is 0.0978. The summed E-state index contributed by atoms with van der Waals surface area (Å²) in [6, 6.07) is 14.6.